The molecular weight excluding hydrogens is 374 g/mol. The summed E-state index contributed by atoms with van der Waals surface area (Å²) in [7, 11) is 3.34. The maximum atomic E-state index is 7.08. The molecule has 5 heteroatoms. The van der Waals surface area contributed by atoms with Crippen LogP contribution in [0.5, 0.6) is 11.5 Å². The monoisotopic (exact) mass is 397 g/mol. The van der Waals surface area contributed by atoms with E-state index in [1.54, 1.807) is 14.2 Å². The largest absolute Gasteiger partial charge is 0.496 e. The second-order valence-electron chi connectivity index (χ2n) is 6.40. The molecule has 0 atom stereocenters. The van der Waals surface area contributed by atoms with Gasteiger partial charge in [-0.15, -0.1) is 0 Å². The molecule has 2 aromatic carbocycles. The fourth-order valence-electron chi connectivity index (χ4n) is 3.66. The van der Waals surface area contributed by atoms with Crippen molar-refractivity contribution in [3.8, 4) is 22.6 Å². The molecule has 0 bridgehead atoms. The van der Waals surface area contributed by atoms with Crippen LogP contribution >= 0.6 is 28.4 Å². The maximum Gasteiger partial charge on any atom is 0.247 e. The molecule has 0 aliphatic heterocycles. The summed E-state index contributed by atoms with van der Waals surface area (Å²) in [6, 6.07) is 14.0. The zero-order chi connectivity index (χ0) is 17.9. The molecule has 0 N–H and O–H groups in total. The molecule has 2 nitrogen and oxygen atoms in total. The van der Waals surface area contributed by atoms with Crippen LogP contribution in [0, 0.1) is 0 Å². The third-order valence-corrected chi connectivity index (χ3v) is 10.2. The smallest absolute Gasteiger partial charge is 0.247 e. The summed E-state index contributed by atoms with van der Waals surface area (Å²) in [6.45, 7) is 0. The lowest BCUT2D eigenvalue weighted by molar-refractivity contribution is 0.397. The van der Waals surface area contributed by atoms with Crippen molar-refractivity contribution in [2.75, 3.05) is 14.2 Å². The summed E-state index contributed by atoms with van der Waals surface area (Å²) >= 11 is 14.2. The number of ether oxygens (including phenoxy) is 2. The van der Waals surface area contributed by atoms with Crippen molar-refractivity contribution in [2.24, 2.45) is 0 Å². The number of methoxy groups -OCH3 is 2. The summed E-state index contributed by atoms with van der Waals surface area (Å²) in [4.78, 5) is 0. The van der Waals surface area contributed by atoms with Crippen molar-refractivity contribution < 1.29 is 9.47 Å². The molecule has 1 saturated carbocycles. The van der Waals surface area contributed by atoms with E-state index in [1.807, 2.05) is 30.3 Å². The highest BCUT2D eigenvalue weighted by Gasteiger charge is 2.49. The second-order valence-corrected chi connectivity index (χ2v) is 12.4. The Bertz CT molecular complexity index is 705. The van der Waals surface area contributed by atoms with Gasteiger partial charge in [0.05, 0.1) is 19.8 Å². The molecule has 3 rings (SSSR count). The number of rotatable bonds is 5. The Morgan fingerprint density at radius 2 is 1.44 bits per heavy atom. The molecule has 0 saturated heterocycles. The third-order valence-electron chi connectivity index (χ3n) is 4.96. The van der Waals surface area contributed by atoms with Crippen LogP contribution in [-0.2, 0) is 0 Å². The van der Waals surface area contributed by atoms with Crippen molar-refractivity contribution in [1.29, 1.82) is 0 Å². The summed E-state index contributed by atoms with van der Waals surface area (Å²) in [6.07, 6.45) is 5.93. The molecule has 25 heavy (non-hydrogen) atoms. The molecule has 0 unspecified atom stereocenters. The first-order valence-electron chi connectivity index (χ1n) is 8.68. The Hall–Kier alpha value is -0.950. The van der Waals surface area contributed by atoms with Crippen LogP contribution in [0.25, 0.3) is 11.1 Å². The molecule has 1 aliphatic carbocycles. The van der Waals surface area contributed by atoms with Gasteiger partial charge in [0.2, 0.25) is 5.97 Å². The predicted molar refractivity (Wildman–Crippen MR) is 110 cm³/mol. The van der Waals surface area contributed by atoms with Crippen LogP contribution in [0.15, 0.2) is 42.5 Å². The van der Waals surface area contributed by atoms with Gasteiger partial charge in [-0.1, -0.05) is 30.7 Å². The van der Waals surface area contributed by atoms with Crippen molar-refractivity contribution in [2.45, 2.75) is 37.8 Å². The van der Waals surface area contributed by atoms with Crippen LogP contribution in [0.3, 0.4) is 0 Å². The average molecular weight is 398 g/mol. The zero-order valence-electron chi connectivity index (χ0n) is 14.7. The SMILES string of the molecule is COc1cccc(OC)c1-c1ccccc1[P+](Cl)(Cl)C1CCCCC1. The van der Waals surface area contributed by atoms with Gasteiger partial charge in [-0.25, -0.2) is 0 Å². The number of benzene rings is 2. The van der Waals surface area contributed by atoms with E-state index in [-0.39, 0.29) is 0 Å². The summed E-state index contributed by atoms with van der Waals surface area (Å²) in [5.41, 5.74) is 2.30. The Morgan fingerprint density at radius 1 is 0.840 bits per heavy atom. The van der Waals surface area contributed by atoms with Crippen LogP contribution in [0.2, 0.25) is 0 Å². The van der Waals surface area contributed by atoms with Crippen molar-refractivity contribution >= 4 is 33.8 Å². The quantitative estimate of drug-likeness (QED) is 0.525. The summed E-state index contributed by atoms with van der Waals surface area (Å²) in [5.74, 6) is -0.766. The lowest BCUT2D eigenvalue weighted by Crippen LogP contribution is -2.20. The van der Waals surface area contributed by atoms with E-state index in [9.17, 15) is 0 Å². The molecule has 0 aromatic heterocycles. The minimum absolute atomic E-state index is 0.367. The first-order chi connectivity index (χ1) is 12.1. The van der Waals surface area contributed by atoms with Gasteiger partial charge < -0.3 is 9.47 Å². The van der Waals surface area contributed by atoms with E-state index in [4.69, 9.17) is 32.0 Å². The highest BCUT2D eigenvalue weighted by atomic mass is 35.9. The Morgan fingerprint density at radius 3 is 2.04 bits per heavy atom. The summed E-state index contributed by atoms with van der Waals surface area (Å²) in [5, 5.41) is 1.04. The van der Waals surface area contributed by atoms with Crippen LogP contribution in [0.4, 0.5) is 0 Å². The van der Waals surface area contributed by atoms with Crippen LogP contribution in [0.1, 0.15) is 32.1 Å². The number of halogens is 2. The Balaban J connectivity index is 2.14. The van der Waals surface area contributed by atoms with Crippen molar-refractivity contribution in [1.82, 2.24) is 0 Å². The molecule has 0 amide bonds. The normalized spacial score (nSPS) is 15.8. The molecule has 2 aromatic rings. The standard InChI is InChI=1S/C20H24Cl2O2P/c1-23-17-12-8-13-18(24-2)20(17)16-11-6-7-14-19(16)25(21,22)15-9-4-3-5-10-15/h6-8,11-15H,3-5,9-10H2,1-2H3/q+1. The minimum atomic E-state index is -2.30. The van der Waals surface area contributed by atoms with Gasteiger partial charge in [0.1, 0.15) is 44.9 Å². The van der Waals surface area contributed by atoms with Gasteiger partial charge >= 0.3 is 0 Å². The van der Waals surface area contributed by atoms with E-state index in [0.29, 0.717) is 5.66 Å². The van der Waals surface area contributed by atoms with Crippen molar-refractivity contribution in [3.63, 3.8) is 0 Å². The Labute approximate surface area is 160 Å². The average Bonchev–Trinajstić information content (AvgIpc) is 2.68. The Kier molecular flexibility index (Phi) is 6.15. The fraction of sp³-hybridized carbons (Fsp3) is 0.400. The zero-order valence-corrected chi connectivity index (χ0v) is 17.1. The van der Waals surface area contributed by atoms with E-state index < -0.39 is 5.97 Å². The van der Waals surface area contributed by atoms with Gasteiger partial charge in [0.25, 0.3) is 0 Å². The maximum absolute atomic E-state index is 7.08. The number of hydrogen-bond acceptors (Lipinski definition) is 2. The topological polar surface area (TPSA) is 18.5 Å². The van der Waals surface area contributed by atoms with Gasteiger partial charge in [0, 0.05) is 5.56 Å². The lowest BCUT2D eigenvalue weighted by Gasteiger charge is -2.26. The molecule has 1 fully saturated rings. The fourth-order valence-corrected chi connectivity index (χ4v) is 7.92. The van der Waals surface area contributed by atoms with Gasteiger partial charge in [0.15, 0.2) is 0 Å². The highest BCUT2D eigenvalue weighted by Crippen LogP contribution is 2.75. The van der Waals surface area contributed by atoms with Crippen LogP contribution < -0.4 is 14.8 Å². The molecular formula is C20H24Cl2O2P+. The lowest BCUT2D eigenvalue weighted by atomic mass is 10.0. The first kappa shape index (κ1) is 18.8. The van der Waals surface area contributed by atoms with E-state index >= 15 is 0 Å². The highest BCUT2D eigenvalue weighted by molar-refractivity contribution is 8.22. The number of hydrogen-bond donors (Lipinski definition) is 0. The van der Waals surface area contributed by atoms with E-state index in [2.05, 4.69) is 12.1 Å². The minimum Gasteiger partial charge on any atom is -0.496 e. The first-order valence-corrected chi connectivity index (χ1v) is 12.4. The molecule has 134 valence electrons. The van der Waals surface area contributed by atoms with Gasteiger partial charge in [-0.05, 0) is 43.9 Å². The second kappa shape index (κ2) is 8.16. The van der Waals surface area contributed by atoms with Gasteiger partial charge in [-0.3, -0.25) is 0 Å². The molecule has 0 radical (unpaired) electrons. The molecule has 0 spiro atoms. The van der Waals surface area contributed by atoms with E-state index in [0.717, 1.165) is 40.8 Å². The van der Waals surface area contributed by atoms with Crippen molar-refractivity contribution in [3.05, 3.63) is 42.5 Å². The predicted octanol–water partition coefficient (Wildman–Crippen LogP) is 6.65. The third kappa shape index (κ3) is 3.77. The summed E-state index contributed by atoms with van der Waals surface area (Å²) < 4.78 is 11.2. The molecule has 0 heterocycles. The molecule has 1 aliphatic rings. The van der Waals surface area contributed by atoms with Gasteiger partial charge in [-0.2, -0.15) is 0 Å². The van der Waals surface area contributed by atoms with Crippen LogP contribution in [-0.4, -0.2) is 19.9 Å². The van der Waals surface area contributed by atoms with E-state index in [1.165, 1.54) is 19.3 Å².